The van der Waals surface area contributed by atoms with Crippen molar-refractivity contribution >= 4 is 11.7 Å². The van der Waals surface area contributed by atoms with Gasteiger partial charge in [0.25, 0.3) is 0 Å². The first kappa shape index (κ1) is 14.3. The molecule has 4 nitrogen and oxygen atoms in total. The van der Waals surface area contributed by atoms with Crippen molar-refractivity contribution < 1.29 is 28.2 Å². The van der Waals surface area contributed by atoms with Crippen LogP contribution >= 0.6 is 0 Å². The molecule has 0 aliphatic carbocycles. The molecule has 18 heavy (non-hydrogen) atoms. The zero-order chi connectivity index (χ0) is 13.9. The summed E-state index contributed by atoms with van der Waals surface area (Å²) in [6, 6.07) is 2.58. The smallest absolute Gasteiger partial charge is 0.416 e. The van der Waals surface area contributed by atoms with Crippen LogP contribution in [-0.4, -0.2) is 16.2 Å². The van der Waals surface area contributed by atoms with Gasteiger partial charge in [-0.1, -0.05) is 6.07 Å². The van der Waals surface area contributed by atoms with E-state index in [-0.39, 0.29) is 24.1 Å². The Morgan fingerprint density at radius 3 is 2.44 bits per heavy atom. The number of benzene rings is 1. The fraction of sp³-hybridized carbons (Fsp3) is 0.364. The number of anilines is 1. The summed E-state index contributed by atoms with van der Waals surface area (Å²) in [6.45, 7) is 0. The molecule has 0 bridgehead atoms. The van der Waals surface area contributed by atoms with Gasteiger partial charge in [0.1, 0.15) is 0 Å². The molecule has 7 heteroatoms. The summed E-state index contributed by atoms with van der Waals surface area (Å²) < 4.78 is 37.1. The van der Waals surface area contributed by atoms with Crippen LogP contribution < -0.4 is 5.73 Å². The summed E-state index contributed by atoms with van der Waals surface area (Å²) in [6.07, 6.45) is -6.09. The lowest BCUT2D eigenvalue weighted by Crippen LogP contribution is -2.09. The van der Waals surface area contributed by atoms with Crippen LogP contribution in [0.4, 0.5) is 18.9 Å². The van der Waals surface area contributed by atoms with Crippen molar-refractivity contribution in [2.45, 2.75) is 25.1 Å². The molecule has 0 heterocycles. The van der Waals surface area contributed by atoms with Gasteiger partial charge in [0.15, 0.2) is 0 Å². The SMILES string of the molecule is Nc1cc(C(F)(F)F)ccc1C(O)CCC(=O)O. The predicted octanol–water partition coefficient (Wildman–Crippen LogP) is 2.19. The Hall–Kier alpha value is -1.76. The number of nitrogen functional groups attached to an aromatic ring is 1. The van der Waals surface area contributed by atoms with Crippen molar-refractivity contribution in [1.82, 2.24) is 0 Å². The number of aliphatic carboxylic acids is 1. The van der Waals surface area contributed by atoms with E-state index in [0.717, 1.165) is 18.2 Å². The number of hydrogen-bond donors (Lipinski definition) is 3. The summed E-state index contributed by atoms with van der Waals surface area (Å²) in [5.74, 6) is -1.10. The Balaban J connectivity index is 2.88. The van der Waals surface area contributed by atoms with Crippen molar-refractivity contribution in [3.05, 3.63) is 29.3 Å². The Labute approximate surface area is 101 Å². The quantitative estimate of drug-likeness (QED) is 0.727. The van der Waals surface area contributed by atoms with Gasteiger partial charge in [0, 0.05) is 17.7 Å². The maximum Gasteiger partial charge on any atom is 0.416 e. The van der Waals surface area contributed by atoms with Gasteiger partial charge in [0.2, 0.25) is 0 Å². The van der Waals surface area contributed by atoms with E-state index in [0.29, 0.717) is 0 Å². The van der Waals surface area contributed by atoms with E-state index in [2.05, 4.69) is 0 Å². The largest absolute Gasteiger partial charge is 0.481 e. The third-order valence-electron chi connectivity index (χ3n) is 2.40. The highest BCUT2D eigenvalue weighted by Crippen LogP contribution is 2.33. The lowest BCUT2D eigenvalue weighted by atomic mass is 10.0. The van der Waals surface area contributed by atoms with E-state index in [1.54, 1.807) is 0 Å². The Morgan fingerprint density at radius 1 is 1.39 bits per heavy atom. The molecule has 0 spiro atoms. The van der Waals surface area contributed by atoms with Crippen molar-refractivity contribution in [2.24, 2.45) is 0 Å². The van der Waals surface area contributed by atoms with Crippen LogP contribution in [-0.2, 0) is 11.0 Å². The first-order valence-electron chi connectivity index (χ1n) is 5.08. The van der Waals surface area contributed by atoms with Crippen LogP contribution in [0.3, 0.4) is 0 Å². The second kappa shape index (κ2) is 5.26. The van der Waals surface area contributed by atoms with Gasteiger partial charge in [-0.25, -0.2) is 0 Å². The number of aliphatic hydroxyl groups excluding tert-OH is 1. The number of hydrogen-bond acceptors (Lipinski definition) is 3. The van der Waals surface area contributed by atoms with E-state index < -0.39 is 23.8 Å². The number of nitrogens with two attached hydrogens (primary N) is 1. The molecule has 0 fully saturated rings. The molecule has 1 aromatic rings. The highest BCUT2D eigenvalue weighted by molar-refractivity contribution is 5.66. The maximum absolute atomic E-state index is 12.4. The lowest BCUT2D eigenvalue weighted by molar-refractivity contribution is -0.138. The zero-order valence-corrected chi connectivity index (χ0v) is 9.24. The molecule has 1 unspecified atom stereocenters. The van der Waals surface area contributed by atoms with Gasteiger partial charge < -0.3 is 15.9 Å². The first-order chi connectivity index (χ1) is 8.21. The molecule has 0 aliphatic rings. The second-order valence-electron chi connectivity index (χ2n) is 3.79. The highest BCUT2D eigenvalue weighted by atomic mass is 19.4. The van der Waals surface area contributed by atoms with Crippen LogP contribution in [0.2, 0.25) is 0 Å². The van der Waals surface area contributed by atoms with Crippen molar-refractivity contribution in [1.29, 1.82) is 0 Å². The van der Waals surface area contributed by atoms with E-state index >= 15 is 0 Å². The minimum absolute atomic E-state index is 0.101. The van der Waals surface area contributed by atoms with Crippen molar-refractivity contribution in [3.8, 4) is 0 Å². The zero-order valence-electron chi connectivity index (χ0n) is 9.24. The summed E-state index contributed by atoms with van der Waals surface area (Å²) in [7, 11) is 0. The number of aliphatic hydroxyl groups is 1. The van der Waals surface area contributed by atoms with Gasteiger partial charge in [-0.3, -0.25) is 4.79 Å². The van der Waals surface area contributed by atoms with E-state index in [1.807, 2.05) is 0 Å². The van der Waals surface area contributed by atoms with Crippen LogP contribution in [0, 0.1) is 0 Å². The van der Waals surface area contributed by atoms with E-state index in [9.17, 15) is 23.1 Å². The predicted molar refractivity (Wildman–Crippen MR) is 57.7 cm³/mol. The number of carboxylic acids is 1. The third-order valence-corrected chi connectivity index (χ3v) is 2.40. The Kier molecular flexibility index (Phi) is 4.18. The third kappa shape index (κ3) is 3.63. The van der Waals surface area contributed by atoms with Crippen molar-refractivity contribution in [2.75, 3.05) is 5.73 Å². The second-order valence-corrected chi connectivity index (χ2v) is 3.79. The van der Waals surface area contributed by atoms with E-state index in [4.69, 9.17) is 10.8 Å². The number of carbonyl (C=O) groups is 1. The topological polar surface area (TPSA) is 83.5 Å². The summed E-state index contributed by atoms with van der Waals surface area (Å²) in [5, 5.41) is 18.1. The monoisotopic (exact) mass is 263 g/mol. The summed E-state index contributed by atoms with van der Waals surface area (Å²) in [4.78, 5) is 10.3. The van der Waals surface area contributed by atoms with Gasteiger partial charge >= 0.3 is 12.1 Å². The molecule has 100 valence electrons. The molecule has 0 saturated heterocycles. The van der Waals surface area contributed by atoms with Crippen molar-refractivity contribution in [3.63, 3.8) is 0 Å². The Morgan fingerprint density at radius 2 is 2.00 bits per heavy atom. The van der Waals surface area contributed by atoms with Gasteiger partial charge in [0.05, 0.1) is 11.7 Å². The molecule has 0 aliphatic heterocycles. The minimum atomic E-state index is -4.50. The molecule has 0 saturated carbocycles. The van der Waals surface area contributed by atoms with Gasteiger partial charge in [-0.2, -0.15) is 13.2 Å². The molecule has 0 radical (unpaired) electrons. The number of rotatable bonds is 4. The Bertz CT molecular complexity index is 446. The van der Waals surface area contributed by atoms with Crippen LogP contribution in [0.5, 0.6) is 0 Å². The fourth-order valence-electron chi connectivity index (χ4n) is 1.47. The molecule has 1 atom stereocenters. The lowest BCUT2D eigenvalue weighted by Gasteiger charge is -2.14. The standard InChI is InChI=1S/C11H12F3NO3/c12-11(13,14)6-1-2-7(8(15)5-6)9(16)3-4-10(17)18/h1-2,5,9,16H,3-4,15H2,(H,17,18). The van der Waals surface area contributed by atoms with Gasteiger partial charge in [-0.15, -0.1) is 0 Å². The fourth-order valence-corrected chi connectivity index (χ4v) is 1.47. The van der Waals surface area contributed by atoms with Crippen LogP contribution in [0.15, 0.2) is 18.2 Å². The maximum atomic E-state index is 12.4. The molecule has 0 aromatic heterocycles. The average molecular weight is 263 g/mol. The summed E-state index contributed by atoms with van der Waals surface area (Å²) in [5.41, 5.74) is 4.41. The normalized spacial score (nSPS) is 13.3. The van der Waals surface area contributed by atoms with Crippen LogP contribution in [0.25, 0.3) is 0 Å². The molecule has 1 rings (SSSR count). The van der Waals surface area contributed by atoms with E-state index in [1.165, 1.54) is 0 Å². The molecule has 1 aromatic carbocycles. The average Bonchev–Trinajstić information content (AvgIpc) is 2.24. The minimum Gasteiger partial charge on any atom is -0.481 e. The van der Waals surface area contributed by atoms with Gasteiger partial charge in [-0.05, 0) is 18.6 Å². The number of alkyl halides is 3. The number of carboxylic acid groups (broad SMARTS) is 1. The molecule has 4 N–H and O–H groups in total. The van der Waals surface area contributed by atoms with Crippen LogP contribution in [0.1, 0.15) is 30.1 Å². The molecular formula is C11H12F3NO3. The summed E-state index contributed by atoms with van der Waals surface area (Å²) >= 11 is 0. The highest BCUT2D eigenvalue weighted by Gasteiger charge is 2.31. The number of halogens is 3. The molecular weight excluding hydrogens is 251 g/mol. The first-order valence-corrected chi connectivity index (χ1v) is 5.08. The molecule has 0 amide bonds.